The zero-order valence-electron chi connectivity index (χ0n) is 20.0. The van der Waals surface area contributed by atoms with Crippen LogP contribution in [0.4, 0.5) is 0 Å². The smallest absolute Gasteiger partial charge is 0.313 e. The van der Waals surface area contributed by atoms with Crippen LogP contribution in [0.1, 0.15) is 59.9 Å². The van der Waals surface area contributed by atoms with Crippen LogP contribution in [0.25, 0.3) is 5.57 Å². The molecule has 2 atom stereocenters. The van der Waals surface area contributed by atoms with Gasteiger partial charge in [-0.2, -0.15) is 0 Å². The van der Waals surface area contributed by atoms with Crippen molar-refractivity contribution in [1.29, 1.82) is 0 Å². The molecule has 1 amide bonds. The minimum absolute atomic E-state index is 0.0565. The standard InChI is InChI=1S/C25H37NO4Si/c1-17(2)31(18(3)4,19(5)6)30-25-16-21(20-12-9-8-10-13-20)23(27)26(25)15-11-14-22(25)24(28)29-7/h8-10,12-13,16-19,22H,11,14-15H2,1-7H3/t22-,25-/m1/s1. The van der Waals surface area contributed by atoms with Crippen LogP contribution in [0.15, 0.2) is 36.4 Å². The Bertz CT molecular complexity index is 827. The summed E-state index contributed by atoms with van der Waals surface area (Å²) < 4.78 is 12.5. The van der Waals surface area contributed by atoms with Crippen LogP contribution in [-0.4, -0.2) is 44.5 Å². The van der Waals surface area contributed by atoms with Gasteiger partial charge in [0, 0.05) is 12.1 Å². The van der Waals surface area contributed by atoms with E-state index in [0.29, 0.717) is 35.2 Å². The lowest BCUT2D eigenvalue weighted by Crippen LogP contribution is -2.65. The molecule has 0 bridgehead atoms. The zero-order valence-corrected chi connectivity index (χ0v) is 21.0. The summed E-state index contributed by atoms with van der Waals surface area (Å²) in [6.07, 6.45) is 3.35. The number of amides is 1. The molecule has 0 spiro atoms. The molecule has 0 aliphatic carbocycles. The summed E-state index contributed by atoms with van der Waals surface area (Å²) in [4.78, 5) is 28.5. The Hall–Kier alpha value is -1.92. The summed E-state index contributed by atoms with van der Waals surface area (Å²) >= 11 is 0. The maximum absolute atomic E-state index is 13.6. The third-order valence-corrected chi connectivity index (χ3v) is 13.3. The van der Waals surface area contributed by atoms with E-state index in [0.717, 1.165) is 12.0 Å². The van der Waals surface area contributed by atoms with Gasteiger partial charge in [0.25, 0.3) is 5.91 Å². The van der Waals surface area contributed by atoms with Crippen LogP contribution in [0.2, 0.25) is 16.6 Å². The minimum atomic E-state index is -2.42. The second kappa shape index (κ2) is 8.91. The molecule has 1 aromatic carbocycles. The summed E-state index contributed by atoms with van der Waals surface area (Å²) in [7, 11) is -0.995. The monoisotopic (exact) mass is 443 g/mol. The van der Waals surface area contributed by atoms with Gasteiger partial charge in [0.05, 0.1) is 7.11 Å². The summed E-state index contributed by atoms with van der Waals surface area (Å²) in [5, 5.41) is 0. The average molecular weight is 444 g/mol. The van der Waals surface area contributed by atoms with E-state index in [9.17, 15) is 9.59 Å². The molecule has 1 fully saturated rings. The van der Waals surface area contributed by atoms with Gasteiger partial charge < -0.3 is 14.1 Å². The lowest BCUT2D eigenvalue weighted by atomic mass is 9.86. The number of methoxy groups -OCH3 is 1. The van der Waals surface area contributed by atoms with Gasteiger partial charge in [-0.1, -0.05) is 71.9 Å². The molecule has 0 N–H and O–H groups in total. The minimum Gasteiger partial charge on any atom is -0.469 e. The highest BCUT2D eigenvalue weighted by Crippen LogP contribution is 2.52. The van der Waals surface area contributed by atoms with Crippen molar-refractivity contribution >= 4 is 25.8 Å². The number of piperidine rings is 1. The Morgan fingerprint density at radius 1 is 1.06 bits per heavy atom. The lowest BCUT2D eigenvalue weighted by Gasteiger charge is -2.54. The highest BCUT2D eigenvalue weighted by atomic mass is 28.4. The van der Waals surface area contributed by atoms with E-state index in [1.807, 2.05) is 41.3 Å². The Morgan fingerprint density at radius 2 is 1.65 bits per heavy atom. The first kappa shape index (κ1) is 23.7. The second-order valence-electron chi connectivity index (χ2n) is 9.77. The van der Waals surface area contributed by atoms with Crippen molar-refractivity contribution in [3.05, 3.63) is 42.0 Å². The van der Waals surface area contributed by atoms with Crippen LogP contribution in [0.3, 0.4) is 0 Å². The molecular formula is C25H37NO4Si. The number of benzene rings is 1. The van der Waals surface area contributed by atoms with Gasteiger partial charge in [-0.15, -0.1) is 0 Å². The molecule has 1 saturated heterocycles. The van der Waals surface area contributed by atoms with Crippen molar-refractivity contribution in [2.45, 2.75) is 76.7 Å². The van der Waals surface area contributed by atoms with E-state index in [1.165, 1.54) is 7.11 Å². The number of rotatable bonds is 7. The number of ether oxygens (including phenoxy) is 1. The molecule has 5 nitrogen and oxygen atoms in total. The molecule has 2 aliphatic heterocycles. The van der Waals surface area contributed by atoms with E-state index in [1.54, 1.807) is 0 Å². The van der Waals surface area contributed by atoms with Crippen LogP contribution >= 0.6 is 0 Å². The molecule has 0 aromatic heterocycles. The molecule has 6 heteroatoms. The molecule has 170 valence electrons. The maximum atomic E-state index is 13.6. The van der Waals surface area contributed by atoms with Gasteiger partial charge in [0.1, 0.15) is 5.92 Å². The molecule has 2 heterocycles. The SMILES string of the molecule is COC(=O)[C@H]1CCCN2C(=O)C(c3ccccc3)=C[C@@]12O[Si](C(C)C)(C(C)C)C(C)C. The normalized spacial score (nSPS) is 24.1. The molecule has 0 radical (unpaired) electrons. The number of fused-ring (bicyclic) bond motifs is 1. The first-order chi connectivity index (χ1) is 14.6. The van der Waals surface area contributed by atoms with Gasteiger partial charge in [-0.05, 0) is 41.1 Å². The Labute approximate surface area is 187 Å². The van der Waals surface area contributed by atoms with Gasteiger partial charge in [0.15, 0.2) is 5.72 Å². The molecule has 0 saturated carbocycles. The van der Waals surface area contributed by atoms with Crippen molar-refractivity contribution in [1.82, 2.24) is 4.90 Å². The molecular weight excluding hydrogens is 406 g/mol. The number of nitrogens with zero attached hydrogens (tertiary/aromatic N) is 1. The van der Waals surface area contributed by atoms with Crippen molar-refractivity contribution in [2.75, 3.05) is 13.7 Å². The Morgan fingerprint density at radius 3 is 2.16 bits per heavy atom. The van der Waals surface area contributed by atoms with E-state index < -0.39 is 20.0 Å². The molecule has 31 heavy (non-hydrogen) atoms. The quantitative estimate of drug-likeness (QED) is 0.419. The van der Waals surface area contributed by atoms with E-state index >= 15 is 0 Å². The van der Waals surface area contributed by atoms with Crippen molar-refractivity contribution in [3.8, 4) is 0 Å². The van der Waals surface area contributed by atoms with Crippen molar-refractivity contribution < 1.29 is 18.8 Å². The van der Waals surface area contributed by atoms with Crippen LogP contribution in [-0.2, 0) is 18.8 Å². The van der Waals surface area contributed by atoms with E-state index in [2.05, 4.69) is 41.5 Å². The molecule has 1 aromatic rings. The van der Waals surface area contributed by atoms with Crippen molar-refractivity contribution in [3.63, 3.8) is 0 Å². The van der Waals surface area contributed by atoms with Gasteiger partial charge in [-0.3, -0.25) is 9.59 Å². The zero-order chi connectivity index (χ0) is 23.0. The van der Waals surface area contributed by atoms with Crippen molar-refractivity contribution in [2.24, 2.45) is 5.92 Å². The molecule has 0 unspecified atom stereocenters. The summed E-state index contributed by atoms with van der Waals surface area (Å²) in [6, 6.07) is 9.69. The second-order valence-corrected chi connectivity index (χ2v) is 15.1. The van der Waals surface area contributed by atoms with Crippen LogP contribution in [0, 0.1) is 5.92 Å². The fourth-order valence-electron chi connectivity index (χ4n) is 5.92. The highest BCUT2D eigenvalue weighted by molar-refractivity contribution is 6.77. The largest absolute Gasteiger partial charge is 0.469 e. The number of carbonyl (C=O) groups is 2. The Kier molecular flexibility index (Phi) is 6.82. The first-order valence-corrected chi connectivity index (χ1v) is 13.6. The number of hydrogen-bond acceptors (Lipinski definition) is 4. The maximum Gasteiger partial charge on any atom is 0.313 e. The average Bonchev–Trinajstić information content (AvgIpc) is 3.04. The third-order valence-electron chi connectivity index (χ3n) is 7.24. The predicted octanol–water partition coefficient (Wildman–Crippen LogP) is 5.38. The van der Waals surface area contributed by atoms with E-state index in [4.69, 9.17) is 9.16 Å². The van der Waals surface area contributed by atoms with Gasteiger partial charge in [-0.25, -0.2) is 0 Å². The molecule has 3 rings (SSSR count). The van der Waals surface area contributed by atoms with Gasteiger partial charge in [0.2, 0.25) is 8.32 Å². The number of carbonyl (C=O) groups excluding carboxylic acids is 2. The molecule has 2 aliphatic rings. The van der Waals surface area contributed by atoms with Crippen LogP contribution in [0.5, 0.6) is 0 Å². The summed E-state index contributed by atoms with van der Waals surface area (Å²) in [5.41, 5.74) is 1.38. The fourth-order valence-corrected chi connectivity index (χ4v) is 11.5. The van der Waals surface area contributed by atoms with Crippen LogP contribution < -0.4 is 0 Å². The lowest BCUT2D eigenvalue weighted by molar-refractivity contribution is -0.174. The number of esters is 1. The predicted molar refractivity (Wildman–Crippen MR) is 126 cm³/mol. The number of hydrogen-bond donors (Lipinski definition) is 0. The first-order valence-electron chi connectivity index (χ1n) is 11.5. The third kappa shape index (κ3) is 3.78. The van der Waals surface area contributed by atoms with E-state index in [-0.39, 0.29) is 11.9 Å². The summed E-state index contributed by atoms with van der Waals surface area (Å²) in [5.74, 6) is -0.888. The Balaban J connectivity index is 2.24. The fraction of sp³-hybridized carbons (Fsp3) is 0.600. The topological polar surface area (TPSA) is 55.8 Å². The van der Waals surface area contributed by atoms with Gasteiger partial charge >= 0.3 is 5.97 Å². The highest BCUT2D eigenvalue weighted by Gasteiger charge is 2.61. The summed E-state index contributed by atoms with van der Waals surface area (Å²) in [6.45, 7) is 13.9.